The molecule has 3 rings (SSSR count). The van der Waals surface area contributed by atoms with E-state index in [0.29, 0.717) is 5.92 Å². The van der Waals surface area contributed by atoms with E-state index in [1.54, 1.807) is 0 Å². The van der Waals surface area contributed by atoms with Crippen LogP contribution in [0, 0.1) is 0 Å². The molecule has 2 aromatic carbocycles. The largest absolute Gasteiger partial charge is 0.270 e. The van der Waals surface area contributed by atoms with Crippen molar-refractivity contribution in [3.8, 4) is 0 Å². The molecule has 1 aliphatic rings. The van der Waals surface area contributed by atoms with Gasteiger partial charge in [0.25, 0.3) is 10.1 Å². The zero-order valence-electron chi connectivity index (χ0n) is 13.4. The number of aryl methyl sites for hydroxylation is 2. The van der Waals surface area contributed by atoms with Crippen LogP contribution >= 0.6 is 0 Å². The molecule has 1 aliphatic carbocycles. The van der Waals surface area contributed by atoms with Gasteiger partial charge in [0.05, 0.1) is 12.9 Å². The highest BCUT2D eigenvalue weighted by molar-refractivity contribution is 7.85. The van der Waals surface area contributed by atoms with Crippen LogP contribution in [0.4, 0.5) is 0 Å². The van der Waals surface area contributed by atoms with E-state index in [-0.39, 0.29) is 6.61 Å². The van der Waals surface area contributed by atoms with Crippen LogP contribution in [0.25, 0.3) is 0 Å². The lowest BCUT2D eigenvalue weighted by atomic mass is 9.85. The van der Waals surface area contributed by atoms with Gasteiger partial charge in [-0.1, -0.05) is 48.5 Å². The van der Waals surface area contributed by atoms with E-state index in [9.17, 15) is 8.42 Å². The van der Waals surface area contributed by atoms with Crippen molar-refractivity contribution in [3.05, 3.63) is 70.8 Å². The van der Waals surface area contributed by atoms with E-state index in [1.165, 1.54) is 22.3 Å². The molecule has 0 saturated heterocycles. The maximum atomic E-state index is 11.1. The Morgan fingerprint density at radius 2 is 1.48 bits per heavy atom. The summed E-state index contributed by atoms with van der Waals surface area (Å²) < 4.78 is 27.1. The lowest BCUT2D eigenvalue weighted by molar-refractivity contribution is 0.309. The Morgan fingerprint density at radius 1 is 0.957 bits per heavy atom. The molecule has 0 unspecified atom stereocenters. The molecule has 0 saturated carbocycles. The minimum atomic E-state index is -3.36. The lowest BCUT2D eigenvalue weighted by Gasteiger charge is -2.20. The first-order chi connectivity index (χ1) is 11.0. The third-order valence-electron chi connectivity index (χ3n) is 4.46. The molecule has 0 bridgehead atoms. The van der Waals surface area contributed by atoms with Gasteiger partial charge in [0.15, 0.2) is 0 Å². The van der Waals surface area contributed by atoms with Gasteiger partial charge in [-0.2, -0.15) is 8.42 Å². The van der Waals surface area contributed by atoms with Gasteiger partial charge in [0.2, 0.25) is 0 Å². The van der Waals surface area contributed by atoms with E-state index in [0.717, 1.165) is 31.9 Å². The molecule has 0 atom stereocenters. The van der Waals surface area contributed by atoms with Crippen LogP contribution in [-0.2, 0) is 27.1 Å². The fraction of sp³-hybridized carbons (Fsp3) is 0.368. The number of hydrogen-bond donors (Lipinski definition) is 0. The highest BCUT2D eigenvalue weighted by Gasteiger charge is 2.22. The molecule has 3 nitrogen and oxygen atoms in total. The summed E-state index contributed by atoms with van der Waals surface area (Å²) in [6.45, 7) is 0.250. The van der Waals surface area contributed by atoms with Crippen molar-refractivity contribution in [1.29, 1.82) is 0 Å². The van der Waals surface area contributed by atoms with Crippen LogP contribution in [0.5, 0.6) is 0 Å². The summed E-state index contributed by atoms with van der Waals surface area (Å²) in [4.78, 5) is 0. The quantitative estimate of drug-likeness (QED) is 0.620. The van der Waals surface area contributed by atoms with Crippen molar-refractivity contribution < 1.29 is 12.6 Å². The number of hydrogen-bond acceptors (Lipinski definition) is 3. The summed E-state index contributed by atoms with van der Waals surface area (Å²) in [5, 5.41) is 0. The SMILES string of the molecule is CS(=O)(=O)OCCCC1c2ccccc2CCc2ccccc21. The molecule has 0 radical (unpaired) electrons. The Morgan fingerprint density at radius 3 is 2.00 bits per heavy atom. The molecular formula is C19H22O3S. The normalized spacial score (nSPS) is 14.8. The smallest absolute Gasteiger partial charge is 0.264 e. The molecule has 122 valence electrons. The zero-order valence-corrected chi connectivity index (χ0v) is 14.2. The second-order valence-corrected chi connectivity index (χ2v) is 7.76. The van der Waals surface area contributed by atoms with E-state index in [1.807, 2.05) is 0 Å². The zero-order chi connectivity index (χ0) is 16.3. The average molecular weight is 330 g/mol. The monoisotopic (exact) mass is 330 g/mol. The van der Waals surface area contributed by atoms with Crippen LogP contribution < -0.4 is 0 Å². The maximum absolute atomic E-state index is 11.1. The van der Waals surface area contributed by atoms with Crippen molar-refractivity contribution in [2.75, 3.05) is 12.9 Å². The van der Waals surface area contributed by atoms with Gasteiger partial charge in [-0.05, 0) is 47.9 Å². The van der Waals surface area contributed by atoms with E-state index < -0.39 is 10.1 Å². The Balaban J connectivity index is 1.85. The van der Waals surface area contributed by atoms with Crippen LogP contribution in [-0.4, -0.2) is 21.3 Å². The third kappa shape index (κ3) is 4.01. The average Bonchev–Trinajstić information content (AvgIpc) is 2.68. The van der Waals surface area contributed by atoms with Gasteiger partial charge in [0.1, 0.15) is 0 Å². The molecule has 0 fully saturated rings. The Kier molecular flexibility index (Phi) is 4.83. The minimum absolute atomic E-state index is 0.250. The topological polar surface area (TPSA) is 43.4 Å². The van der Waals surface area contributed by atoms with Gasteiger partial charge in [-0.15, -0.1) is 0 Å². The molecule has 23 heavy (non-hydrogen) atoms. The van der Waals surface area contributed by atoms with Crippen molar-refractivity contribution in [2.45, 2.75) is 31.6 Å². The number of fused-ring (bicyclic) bond motifs is 2. The lowest BCUT2D eigenvalue weighted by Crippen LogP contribution is -2.08. The summed E-state index contributed by atoms with van der Waals surface area (Å²) in [5.41, 5.74) is 5.55. The molecular weight excluding hydrogens is 308 g/mol. The second kappa shape index (κ2) is 6.85. The van der Waals surface area contributed by atoms with E-state index in [4.69, 9.17) is 4.18 Å². The van der Waals surface area contributed by atoms with E-state index in [2.05, 4.69) is 48.5 Å². The molecule has 0 aliphatic heterocycles. The molecule has 2 aromatic rings. The number of benzene rings is 2. The van der Waals surface area contributed by atoms with Crippen LogP contribution in [0.1, 0.15) is 41.0 Å². The van der Waals surface area contributed by atoms with Crippen molar-refractivity contribution in [2.24, 2.45) is 0 Å². The predicted octanol–water partition coefficient (Wildman–Crippen LogP) is 3.67. The predicted molar refractivity (Wildman–Crippen MR) is 92.2 cm³/mol. The number of rotatable bonds is 5. The summed E-state index contributed by atoms with van der Waals surface area (Å²) in [5.74, 6) is 0.313. The fourth-order valence-electron chi connectivity index (χ4n) is 3.45. The molecule has 0 heterocycles. The Bertz CT molecular complexity index is 733. The van der Waals surface area contributed by atoms with Crippen molar-refractivity contribution in [1.82, 2.24) is 0 Å². The standard InChI is InChI=1S/C19H22O3S/c1-23(20,21)22-14-6-11-19-17-9-4-2-7-15(17)12-13-16-8-3-5-10-18(16)19/h2-5,7-10,19H,6,11-14H2,1H3. The highest BCUT2D eigenvalue weighted by atomic mass is 32.2. The first kappa shape index (κ1) is 16.2. The first-order valence-corrected chi connectivity index (χ1v) is 9.86. The minimum Gasteiger partial charge on any atom is -0.270 e. The van der Waals surface area contributed by atoms with Gasteiger partial charge >= 0.3 is 0 Å². The Labute approximate surface area is 138 Å². The van der Waals surface area contributed by atoms with Gasteiger partial charge in [-0.3, -0.25) is 4.18 Å². The molecule has 4 heteroatoms. The van der Waals surface area contributed by atoms with Gasteiger partial charge < -0.3 is 0 Å². The Hall–Kier alpha value is -1.65. The maximum Gasteiger partial charge on any atom is 0.264 e. The van der Waals surface area contributed by atoms with Crippen LogP contribution in [0.2, 0.25) is 0 Å². The molecule has 0 amide bonds. The molecule has 0 N–H and O–H groups in total. The van der Waals surface area contributed by atoms with Gasteiger partial charge in [-0.25, -0.2) is 0 Å². The molecule has 0 aromatic heterocycles. The molecule has 0 spiro atoms. The van der Waals surface area contributed by atoms with Gasteiger partial charge in [0, 0.05) is 5.92 Å². The summed E-state index contributed by atoms with van der Waals surface area (Å²) in [7, 11) is -3.36. The van der Waals surface area contributed by atoms with Crippen molar-refractivity contribution in [3.63, 3.8) is 0 Å². The second-order valence-electron chi connectivity index (χ2n) is 6.12. The van der Waals surface area contributed by atoms with Crippen molar-refractivity contribution >= 4 is 10.1 Å². The van der Waals surface area contributed by atoms with E-state index >= 15 is 0 Å². The first-order valence-electron chi connectivity index (χ1n) is 8.04. The van der Waals surface area contributed by atoms with Crippen LogP contribution in [0.3, 0.4) is 0 Å². The van der Waals surface area contributed by atoms with Crippen LogP contribution in [0.15, 0.2) is 48.5 Å². The summed E-state index contributed by atoms with van der Waals surface area (Å²) >= 11 is 0. The summed E-state index contributed by atoms with van der Waals surface area (Å²) in [6, 6.07) is 17.2. The summed E-state index contributed by atoms with van der Waals surface area (Å²) in [6.07, 6.45) is 4.83. The fourth-order valence-corrected chi connectivity index (χ4v) is 3.87. The third-order valence-corrected chi connectivity index (χ3v) is 5.05. The highest BCUT2D eigenvalue weighted by Crippen LogP contribution is 2.37.